The van der Waals surface area contributed by atoms with Crippen molar-refractivity contribution >= 4 is 29.3 Å². The fourth-order valence-corrected chi connectivity index (χ4v) is 1.79. The number of carbonyl (C=O) groups is 1. The van der Waals surface area contributed by atoms with E-state index in [1.807, 2.05) is 13.8 Å². The van der Waals surface area contributed by atoms with Gasteiger partial charge < -0.3 is 14.8 Å². The molecule has 0 bridgehead atoms. The average Bonchev–Trinajstić information content (AvgIpc) is 2.38. The number of nitrogens with one attached hydrogen (secondary N) is 1. The summed E-state index contributed by atoms with van der Waals surface area (Å²) < 4.78 is 10.5. The molecular weight excluding hydrogens is 301 g/mol. The molecule has 0 saturated heterocycles. The third-order valence-corrected chi connectivity index (χ3v) is 2.82. The molecule has 1 rings (SSSR count). The van der Waals surface area contributed by atoms with Gasteiger partial charge in [-0.1, -0.05) is 37.0 Å². The molecule has 0 aliphatic rings. The van der Waals surface area contributed by atoms with Gasteiger partial charge in [0, 0.05) is 11.6 Å². The van der Waals surface area contributed by atoms with Gasteiger partial charge >= 0.3 is 6.09 Å². The van der Waals surface area contributed by atoms with Gasteiger partial charge in [0.2, 0.25) is 0 Å². The van der Waals surface area contributed by atoms with Crippen LogP contribution in [0.25, 0.3) is 0 Å². The Bertz CT molecular complexity index is 438. The Kier molecular flexibility index (Phi) is 7.55. The highest BCUT2D eigenvalue weighted by Crippen LogP contribution is 2.27. The number of alkyl carbamates (subject to hydrolysis) is 1. The lowest BCUT2D eigenvalue weighted by Gasteiger charge is -2.10. The van der Waals surface area contributed by atoms with Crippen LogP contribution in [0.2, 0.25) is 10.0 Å². The Hall–Kier alpha value is -1.13. The van der Waals surface area contributed by atoms with Crippen LogP contribution in [0.5, 0.6) is 5.75 Å². The maximum atomic E-state index is 11.3. The number of hydrogen-bond donors (Lipinski definition) is 1. The quantitative estimate of drug-likeness (QED) is 0.768. The van der Waals surface area contributed by atoms with E-state index in [2.05, 4.69) is 5.32 Å². The molecule has 1 amide bonds. The van der Waals surface area contributed by atoms with E-state index in [4.69, 9.17) is 32.7 Å². The first-order valence-corrected chi connectivity index (χ1v) is 7.23. The number of carbonyl (C=O) groups excluding carboxylic acids is 1. The van der Waals surface area contributed by atoms with Gasteiger partial charge in [-0.3, -0.25) is 0 Å². The molecule has 112 valence electrons. The highest BCUT2D eigenvalue weighted by molar-refractivity contribution is 6.35. The Morgan fingerprint density at radius 2 is 2.10 bits per heavy atom. The molecule has 0 heterocycles. The topological polar surface area (TPSA) is 47.6 Å². The maximum absolute atomic E-state index is 11.3. The van der Waals surface area contributed by atoms with E-state index in [-0.39, 0.29) is 0 Å². The van der Waals surface area contributed by atoms with E-state index in [0.717, 1.165) is 0 Å². The van der Waals surface area contributed by atoms with Crippen molar-refractivity contribution in [2.24, 2.45) is 5.92 Å². The second-order valence-electron chi connectivity index (χ2n) is 4.70. The summed E-state index contributed by atoms with van der Waals surface area (Å²) in [7, 11) is 0. The largest absolute Gasteiger partial charge is 0.492 e. The normalized spacial score (nSPS) is 10.4. The molecule has 4 nitrogen and oxygen atoms in total. The highest BCUT2D eigenvalue weighted by Gasteiger charge is 2.04. The van der Waals surface area contributed by atoms with Gasteiger partial charge in [0.05, 0.1) is 18.2 Å². The zero-order chi connectivity index (χ0) is 15.0. The fourth-order valence-electron chi connectivity index (χ4n) is 1.33. The van der Waals surface area contributed by atoms with Crippen molar-refractivity contribution < 1.29 is 14.3 Å². The summed E-state index contributed by atoms with van der Waals surface area (Å²) in [6, 6.07) is 5.05. The second kappa shape index (κ2) is 8.93. The van der Waals surface area contributed by atoms with Crippen molar-refractivity contribution in [1.29, 1.82) is 0 Å². The van der Waals surface area contributed by atoms with E-state index >= 15 is 0 Å². The lowest BCUT2D eigenvalue weighted by Crippen LogP contribution is -2.27. The van der Waals surface area contributed by atoms with E-state index in [0.29, 0.717) is 47.9 Å². The molecule has 6 heteroatoms. The smallest absolute Gasteiger partial charge is 0.407 e. The SMILES string of the molecule is CC(C)COC(=O)NCCCOc1ccc(Cl)cc1Cl. The van der Waals surface area contributed by atoms with Crippen LogP contribution in [0.4, 0.5) is 4.79 Å². The van der Waals surface area contributed by atoms with Crippen LogP contribution in [0.1, 0.15) is 20.3 Å². The van der Waals surface area contributed by atoms with Crippen molar-refractivity contribution in [3.05, 3.63) is 28.2 Å². The predicted molar refractivity (Wildman–Crippen MR) is 80.8 cm³/mol. The third-order valence-electron chi connectivity index (χ3n) is 2.29. The van der Waals surface area contributed by atoms with Gasteiger partial charge in [-0.05, 0) is 30.5 Å². The van der Waals surface area contributed by atoms with Crippen LogP contribution < -0.4 is 10.1 Å². The lowest BCUT2D eigenvalue weighted by molar-refractivity contribution is 0.132. The van der Waals surface area contributed by atoms with Gasteiger partial charge in [-0.15, -0.1) is 0 Å². The van der Waals surface area contributed by atoms with Gasteiger partial charge in [0.15, 0.2) is 0 Å². The molecule has 0 unspecified atom stereocenters. The van der Waals surface area contributed by atoms with Crippen LogP contribution in [0.15, 0.2) is 18.2 Å². The molecule has 0 aromatic heterocycles. The first kappa shape index (κ1) is 16.9. The van der Waals surface area contributed by atoms with E-state index in [1.54, 1.807) is 18.2 Å². The molecule has 0 radical (unpaired) electrons. The molecule has 0 saturated carbocycles. The third kappa shape index (κ3) is 6.87. The monoisotopic (exact) mass is 319 g/mol. The molecule has 0 atom stereocenters. The Balaban J connectivity index is 2.14. The van der Waals surface area contributed by atoms with Crippen molar-refractivity contribution in [1.82, 2.24) is 5.32 Å². The van der Waals surface area contributed by atoms with Gasteiger partial charge in [-0.2, -0.15) is 0 Å². The van der Waals surface area contributed by atoms with Gasteiger partial charge in [-0.25, -0.2) is 4.79 Å². The zero-order valence-corrected chi connectivity index (χ0v) is 13.1. The van der Waals surface area contributed by atoms with Gasteiger partial charge in [0.1, 0.15) is 5.75 Å². The first-order chi connectivity index (χ1) is 9.49. The van der Waals surface area contributed by atoms with Crippen LogP contribution in [-0.2, 0) is 4.74 Å². The highest BCUT2D eigenvalue weighted by atomic mass is 35.5. The van der Waals surface area contributed by atoms with Crippen LogP contribution in [0.3, 0.4) is 0 Å². The molecule has 20 heavy (non-hydrogen) atoms. The molecule has 0 fully saturated rings. The molecule has 0 aliphatic carbocycles. The molecule has 1 aromatic carbocycles. The van der Waals surface area contributed by atoms with E-state index in [1.165, 1.54) is 0 Å². The summed E-state index contributed by atoms with van der Waals surface area (Å²) in [5.74, 6) is 0.912. The van der Waals surface area contributed by atoms with Crippen molar-refractivity contribution in [3.63, 3.8) is 0 Å². The Morgan fingerprint density at radius 1 is 1.35 bits per heavy atom. The van der Waals surface area contributed by atoms with Crippen LogP contribution in [0, 0.1) is 5.92 Å². The number of hydrogen-bond acceptors (Lipinski definition) is 3. The second-order valence-corrected chi connectivity index (χ2v) is 5.54. The van der Waals surface area contributed by atoms with Crippen LogP contribution in [-0.4, -0.2) is 25.9 Å². The number of benzene rings is 1. The molecule has 1 N–H and O–H groups in total. The minimum absolute atomic E-state index is 0.330. The predicted octanol–water partition coefficient (Wildman–Crippen LogP) is 4.14. The number of ether oxygens (including phenoxy) is 2. The summed E-state index contributed by atoms with van der Waals surface area (Å²) in [6.07, 6.45) is 0.263. The average molecular weight is 320 g/mol. The van der Waals surface area contributed by atoms with Crippen molar-refractivity contribution in [2.75, 3.05) is 19.8 Å². The Labute approximate surface area is 129 Å². The van der Waals surface area contributed by atoms with Gasteiger partial charge in [0.25, 0.3) is 0 Å². The Morgan fingerprint density at radius 3 is 2.75 bits per heavy atom. The van der Waals surface area contributed by atoms with E-state index < -0.39 is 6.09 Å². The maximum Gasteiger partial charge on any atom is 0.407 e. The lowest BCUT2D eigenvalue weighted by atomic mass is 10.2. The van der Waals surface area contributed by atoms with Crippen molar-refractivity contribution in [3.8, 4) is 5.75 Å². The van der Waals surface area contributed by atoms with Crippen LogP contribution >= 0.6 is 23.2 Å². The summed E-state index contributed by atoms with van der Waals surface area (Å²) in [5.41, 5.74) is 0. The van der Waals surface area contributed by atoms with Crippen molar-refractivity contribution in [2.45, 2.75) is 20.3 Å². The molecule has 1 aromatic rings. The summed E-state index contributed by atoms with van der Waals surface area (Å²) >= 11 is 11.8. The fraction of sp³-hybridized carbons (Fsp3) is 0.500. The summed E-state index contributed by atoms with van der Waals surface area (Å²) in [5, 5.41) is 3.69. The van der Waals surface area contributed by atoms with E-state index in [9.17, 15) is 4.79 Å². The molecular formula is C14H19Cl2NO3. The standard InChI is InChI=1S/C14H19Cl2NO3/c1-10(2)9-20-14(18)17-6-3-7-19-13-5-4-11(15)8-12(13)16/h4-5,8,10H,3,6-7,9H2,1-2H3,(H,17,18). The minimum atomic E-state index is -0.400. The summed E-state index contributed by atoms with van der Waals surface area (Å²) in [6.45, 7) is 5.32. The minimum Gasteiger partial charge on any atom is -0.492 e. The number of halogens is 2. The number of rotatable bonds is 7. The molecule has 0 aliphatic heterocycles. The first-order valence-electron chi connectivity index (χ1n) is 6.47. The number of amides is 1. The molecule has 0 spiro atoms. The summed E-state index contributed by atoms with van der Waals surface area (Å²) in [4.78, 5) is 11.3. The zero-order valence-electron chi connectivity index (χ0n) is 11.6.